The highest BCUT2D eigenvalue weighted by Crippen LogP contribution is 2.18. The zero-order valence-electron chi connectivity index (χ0n) is 14.7. The second-order valence-corrected chi connectivity index (χ2v) is 5.51. The summed E-state index contributed by atoms with van der Waals surface area (Å²) in [6.07, 6.45) is 0.912. The molecule has 0 spiro atoms. The van der Waals surface area contributed by atoms with E-state index < -0.39 is 12.1 Å². The van der Waals surface area contributed by atoms with Crippen LogP contribution in [-0.2, 0) is 16.1 Å². The van der Waals surface area contributed by atoms with Crippen LogP contribution in [0.2, 0.25) is 0 Å². The third kappa shape index (κ3) is 4.94. The van der Waals surface area contributed by atoms with Gasteiger partial charge < -0.3 is 13.9 Å². The average Bonchev–Trinajstić information content (AvgIpc) is 3.17. The second kappa shape index (κ2) is 8.66. The smallest absolute Gasteiger partial charge is 0.411 e. The minimum atomic E-state index is -0.548. The summed E-state index contributed by atoms with van der Waals surface area (Å²) in [6.45, 7) is 2.00. The molecule has 0 aliphatic rings. The monoisotopic (exact) mass is 366 g/mol. The van der Waals surface area contributed by atoms with Gasteiger partial charge in [-0.1, -0.05) is 18.2 Å². The van der Waals surface area contributed by atoms with Crippen LogP contribution in [0.15, 0.2) is 65.3 Å². The number of amides is 1. The standard InChI is InChI=1S/C20H18N2O5/c1-2-25-20(24)22-16-10-8-15(9-11-16)19(23)27-13-17-12-26-18(21-17)14-6-4-3-5-7-14/h3-12H,2,13H2,1H3,(H,22,24). The van der Waals surface area contributed by atoms with Gasteiger partial charge in [-0.3, -0.25) is 5.32 Å². The van der Waals surface area contributed by atoms with Crippen molar-refractivity contribution in [1.82, 2.24) is 4.98 Å². The van der Waals surface area contributed by atoms with E-state index in [1.807, 2.05) is 30.3 Å². The molecule has 0 saturated heterocycles. The molecule has 0 atom stereocenters. The summed E-state index contributed by atoms with van der Waals surface area (Å²) in [5.41, 5.74) is 2.24. The molecule has 0 radical (unpaired) electrons. The van der Waals surface area contributed by atoms with Gasteiger partial charge in [-0.05, 0) is 43.3 Å². The topological polar surface area (TPSA) is 90.7 Å². The predicted molar refractivity (Wildman–Crippen MR) is 98.1 cm³/mol. The van der Waals surface area contributed by atoms with Crippen LogP contribution in [0.3, 0.4) is 0 Å². The summed E-state index contributed by atoms with van der Waals surface area (Å²) in [5.74, 6) is -0.0296. The van der Waals surface area contributed by atoms with E-state index >= 15 is 0 Å². The van der Waals surface area contributed by atoms with Crippen LogP contribution >= 0.6 is 0 Å². The third-order valence-electron chi connectivity index (χ3n) is 3.57. The first-order valence-corrected chi connectivity index (χ1v) is 8.36. The van der Waals surface area contributed by atoms with Crippen molar-refractivity contribution in [3.05, 3.63) is 72.1 Å². The minimum Gasteiger partial charge on any atom is -0.455 e. The predicted octanol–water partition coefficient (Wildman–Crippen LogP) is 4.27. The molecular weight excluding hydrogens is 348 g/mol. The Labute approximate surface area is 155 Å². The van der Waals surface area contributed by atoms with Crippen LogP contribution in [0, 0.1) is 0 Å². The van der Waals surface area contributed by atoms with Gasteiger partial charge in [0.05, 0.1) is 12.2 Å². The Morgan fingerprint density at radius 3 is 2.48 bits per heavy atom. The summed E-state index contributed by atoms with van der Waals surface area (Å²) in [5, 5.41) is 2.55. The van der Waals surface area contributed by atoms with Gasteiger partial charge in [0, 0.05) is 11.3 Å². The van der Waals surface area contributed by atoms with E-state index in [9.17, 15) is 9.59 Å². The molecular formula is C20H18N2O5. The molecule has 0 aliphatic carbocycles. The van der Waals surface area contributed by atoms with Crippen LogP contribution in [0.4, 0.5) is 10.5 Å². The normalized spacial score (nSPS) is 10.3. The number of aromatic nitrogens is 1. The fraction of sp³-hybridized carbons (Fsp3) is 0.150. The Morgan fingerprint density at radius 2 is 1.78 bits per heavy atom. The van der Waals surface area contributed by atoms with Crippen molar-refractivity contribution in [3.63, 3.8) is 0 Å². The quantitative estimate of drug-likeness (QED) is 0.655. The van der Waals surface area contributed by atoms with Crippen molar-refractivity contribution in [2.45, 2.75) is 13.5 Å². The Hall–Kier alpha value is -3.61. The maximum atomic E-state index is 12.1. The van der Waals surface area contributed by atoms with Crippen LogP contribution in [0.5, 0.6) is 0 Å². The lowest BCUT2D eigenvalue weighted by atomic mass is 10.2. The van der Waals surface area contributed by atoms with E-state index in [1.54, 1.807) is 31.2 Å². The van der Waals surface area contributed by atoms with E-state index in [4.69, 9.17) is 13.9 Å². The molecule has 0 fully saturated rings. The maximum Gasteiger partial charge on any atom is 0.411 e. The summed E-state index contributed by atoms with van der Waals surface area (Å²) >= 11 is 0. The lowest BCUT2D eigenvalue weighted by molar-refractivity contribution is 0.0468. The molecule has 0 aliphatic heterocycles. The fourth-order valence-electron chi connectivity index (χ4n) is 2.28. The van der Waals surface area contributed by atoms with Crippen LogP contribution in [0.1, 0.15) is 23.0 Å². The number of nitrogens with zero attached hydrogens (tertiary/aromatic N) is 1. The van der Waals surface area contributed by atoms with Gasteiger partial charge in [-0.15, -0.1) is 0 Å². The summed E-state index contributed by atoms with van der Waals surface area (Å²) in [6, 6.07) is 15.8. The largest absolute Gasteiger partial charge is 0.455 e. The maximum absolute atomic E-state index is 12.1. The van der Waals surface area contributed by atoms with Gasteiger partial charge in [0.2, 0.25) is 5.89 Å². The Morgan fingerprint density at radius 1 is 1.04 bits per heavy atom. The molecule has 1 aromatic heterocycles. The number of benzene rings is 2. The minimum absolute atomic E-state index is 0.00199. The number of rotatable bonds is 6. The summed E-state index contributed by atoms with van der Waals surface area (Å²) in [4.78, 5) is 27.8. The lowest BCUT2D eigenvalue weighted by Crippen LogP contribution is -2.13. The Kier molecular flexibility index (Phi) is 5.84. The highest BCUT2D eigenvalue weighted by atomic mass is 16.5. The number of hydrogen-bond donors (Lipinski definition) is 1. The number of anilines is 1. The summed E-state index contributed by atoms with van der Waals surface area (Å²) in [7, 11) is 0. The van der Waals surface area contributed by atoms with E-state index in [-0.39, 0.29) is 13.2 Å². The molecule has 2 aromatic carbocycles. The molecule has 0 saturated carbocycles. The van der Waals surface area contributed by atoms with Crippen molar-refractivity contribution in [2.24, 2.45) is 0 Å². The van der Waals surface area contributed by atoms with Gasteiger partial charge in [-0.25, -0.2) is 14.6 Å². The molecule has 7 nitrogen and oxygen atoms in total. The number of esters is 1. The molecule has 7 heteroatoms. The van der Waals surface area contributed by atoms with Crippen molar-refractivity contribution in [3.8, 4) is 11.5 Å². The second-order valence-electron chi connectivity index (χ2n) is 5.51. The molecule has 3 rings (SSSR count). The van der Waals surface area contributed by atoms with E-state index in [2.05, 4.69) is 10.3 Å². The first-order chi connectivity index (χ1) is 13.2. The summed E-state index contributed by atoms with van der Waals surface area (Å²) < 4.78 is 15.4. The average molecular weight is 366 g/mol. The van der Waals surface area contributed by atoms with E-state index in [1.165, 1.54) is 6.26 Å². The number of hydrogen-bond acceptors (Lipinski definition) is 6. The number of oxazole rings is 1. The van der Waals surface area contributed by atoms with Gasteiger partial charge in [0.15, 0.2) is 0 Å². The zero-order chi connectivity index (χ0) is 19.1. The molecule has 27 heavy (non-hydrogen) atoms. The van der Waals surface area contributed by atoms with Crippen molar-refractivity contribution >= 4 is 17.7 Å². The number of carbonyl (C=O) groups is 2. The van der Waals surface area contributed by atoms with Crippen LogP contribution in [0.25, 0.3) is 11.5 Å². The van der Waals surface area contributed by atoms with Crippen molar-refractivity contribution in [2.75, 3.05) is 11.9 Å². The number of carbonyl (C=O) groups excluding carboxylic acids is 2. The molecule has 138 valence electrons. The van der Waals surface area contributed by atoms with Gasteiger partial charge in [0.1, 0.15) is 18.6 Å². The van der Waals surface area contributed by atoms with Crippen LogP contribution in [-0.4, -0.2) is 23.7 Å². The van der Waals surface area contributed by atoms with E-state index in [0.29, 0.717) is 22.8 Å². The van der Waals surface area contributed by atoms with Crippen LogP contribution < -0.4 is 5.32 Å². The zero-order valence-corrected chi connectivity index (χ0v) is 14.7. The SMILES string of the molecule is CCOC(=O)Nc1ccc(C(=O)OCc2coc(-c3ccccc3)n2)cc1. The first-order valence-electron chi connectivity index (χ1n) is 8.36. The lowest BCUT2D eigenvalue weighted by Gasteiger charge is -2.06. The van der Waals surface area contributed by atoms with Crippen molar-refractivity contribution < 1.29 is 23.5 Å². The molecule has 0 unspecified atom stereocenters. The Balaban J connectivity index is 1.55. The molecule has 0 bridgehead atoms. The molecule has 1 amide bonds. The van der Waals surface area contributed by atoms with Gasteiger partial charge in [0.25, 0.3) is 0 Å². The number of ether oxygens (including phenoxy) is 2. The van der Waals surface area contributed by atoms with Crippen molar-refractivity contribution in [1.29, 1.82) is 0 Å². The first kappa shape index (κ1) is 18.2. The molecule has 1 heterocycles. The van der Waals surface area contributed by atoms with Gasteiger partial charge >= 0.3 is 12.1 Å². The molecule has 1 N–H and O–H groups in total. The fourth-order valence-corrected chi connectivity index (χ4v) is 2.28. The Bertz CT molecular complexity index is 904. The van der Waals surface area contributed by atoms with E-state index in [0.717, 1.165) is 5.56 Å². The number of nitrogens with one attached hydrogen (secondary N) is 1. The molecule has 3 aromatic rings. The van der Waals surface area contributed by atoms with Gasteiger partial charge in [-0.2, -0.15) is 0 Å². The highest BCUT2D eigenvalue weighted by Gasteiger charge is 2.11. The highest BCUT2D eigenvalue weighted by molar-refractivity contribution is 5.91. The third-order valence-corrected chi connectivity index (χ3v) is 3.57.